The number of rotatable bonds is 5. The first kappa shape index (κ1) is 12.0. The molecule has 14 heavy (non-hydrogen) atoms. The second-order valence-electron chi connectivity index (χ2n) is 4.52. The Labute approximate surface area is 87.6 Å². The molecule has 0 aromatic rings. The van der Waals surface area contributed by atoms with Gasteiger partial charge in [-0.15, -0.1) is 0 Å². The molecule has 1 aliphatic rings. The largest absolute Gasteiger partial charge is 0.383 e. The Kier molecular flexibility index (Phi) is 5.45. The van der Waals surface area contributed by atoms with Crippen LogP contribution in [0.2, 0.25) is 0 Å². The van der Waals surface area contributed by atoms with E-state index in [0.717, 1.165) is 13.2 Å². The van der Waals surface area contributed by atoms with E-state index < -0.39 is 0 Å². The normalized spacial score (nSPS) is 25.3. The molecule has 0 radical (unpaired) electrons. The summed E-state index contributed by atoms with van der Waals surface area (Å²) in [6.07, 6.45) is 2.58. The van der Waals surface area contributed by atoms with Crippen LogP contribution in [0.1, 0.15) is 26.7 Å². The van der Waals surface area contributed by atoms with Gasteiger partial charge in [-0.1, -0.05) is 13.8 Å². The molecule has 2 N–H and O–H groups in total. The van der Waals surface area contributed by atoms with Crippen LogP contribution in [0.5, 0.6) is 0 Å². The molecule has 0 amide bonds. The summed E-state index contributed by atoms with van der Waals surface area (Å²) in [5.74, 6) is 0.636. The van der Waals surface area contributed by atoms with Crippen molar-refractivity contribution in [2.24, 2.45) is 5.92 Å². The molecule has 0 aromatic carbocycles. The Bertz CT molecular complexity index is 144. The minimum Gasteiger partial charge on any atom is -0.383 e. The van der Waals surface area contributed by atoms with Gasteiger partial charge in [-0.25, -0.2) is 0 Å². The highest BCUT2D eigenvalue weighted by Gasteiger charge is 2.19. The topological polar surface area (TPSA) is 33.3 Å². The van der Waals surface area contributed by atoms with Crippen LogP contribution < -0.4 is 10.6 Å². The number of ether oxygens (including phenoxy) is 1. The van der Waals surface area contributed by atoms with Crippen LogP contribution in [0.4, 0.5) is 0 Å². The van der Waals surface area contributed by atoms with Crippen LogP contribution in [0.25, 0.3) is 0 Å². The fraction of sp³-hybridized carbons (Fsp3) is 1.00. The van der Waals surface area contributed by atoms with Gasteiger partial charge >= 0.3 is 0 Å². The lowest BCUT2D eigenvalue weighted by molar-refractivity contribution is 0.137. The van der Waals surface area contributed by atoms with E-state index >= 15 is 0 Å². The van der Waals surface area contributed by atoms with Crippen molar-refractivity contribution in [1.82, 2.24) is 10.6 Å². The van der Waals surface area contributed by atoms with Gasteiger partial charge in [-0.05, 0) is 25.3 Å². The Morgan fingerprint density at radius 2 is 2.29 bits per heavy atom. The second kappa shape index (κ2) is 6.38. The van der Waals surface area contributed by atoms with Gasteiger partial charge in [-0.3, -0.25) is 0 Å². The SMILES string of the molecule is COCC(NC1CCCNC1)C(C)C. The maximum atomic E-state index is 5.22. The summed E-state index contributed by atoms with van der Waals surface area (Å²) >= 11 is 0. The van der Waals surface area contributed by atoms with Gasteiger partial charge in [-0.2, -0.15) is 0 Å². The van der Waals surface area contributed by atoms with E-state index in [-0.39, 0.29) is 0 Å². The lowest BCUT2D eigenvalue weighted by Crippen LogP contribution is -2.50. The molecule has 2 unspecified atom stereocenters. The minimum atomic E-state index is 0.491. The Hall–Kier alpha value is -0.120. The first-order valence-corrected chi connectivity index (χ1v) is 5.69. The van der Waals surface area contributed by atoms with Crippen LogP contribution >= 0.6 is 0 Å². The quantitative estimate of drug-likeness (QED) is 0.694. The van der Waals surface area contributed by atoms with Crippen molar-refractivity contribution in [2.75, 3.05) is 26.8 Å². The van der Waals surface area contributed by atoms with Gasteiger partial charge in [0.1, 0.15) is 0 Å². The summed E-state index contributed by atoms with van der Waals surface area (Å²) in [4.78, 5) is 0. The van der Waals surface area contributed by atoms with E-state index in [9.17, 15) is 0 Å². The van der Waals surface area contributed by atoms with Crippen molar-refractivity contribution in [3.8, 4) is 0 Å². The van der Waals surface area contributed by atoms with Crippen LogP contribution in [0.15, 0.2) is 0 Å². The molecule has 84 valence electrons. The third-order valence-corrected chi connectivity index (χ3v) is 2.90. The zero-order chi connectivity index (χ0) is 10.4. The van der Waals surface area contributed by atoms with Gasteiger partial charge < -0.3 is 15.4 Å². The van der Waals surface area contributed by atoms with Gasteiger partial charge in [0.2, 0.25) is 0 Å². The summed E-state index contributed by atoms with van der Waals surface area (Å²) in [5, 5.41) is 7.09. The summed E-state index contributed by atoms with van der Waals surface area (Å²) in [7, 11) is 1.77. The van der Waals surface area contributed by atoms with Crippen LogP contribution in [0, 0.1) is 5.92 Å². The molecule has 2 atom stereocenters. The van der Waals surface area contributed by atoms with Crippen molar-refractivity contribution in [2.45, 2.75) is 38.8 Å². The van der Waals surface area contributed by atoms with Gasteiger partial charge in [0.25, 0.3) is 0 Å². The fourth-order valence-corrected chi connectivity index (χ4v) is 1.91. The van der Waals surface area contributed by atoms with Gasteiger partial charge in [0, 0.05) is 25.7 Å². The number of hydrogen-bond donors (Lipinski definition) is 2. The molecule has 0 spiro atoms. The molecular weight excluding hydrogens is 176 g/mol. The molecule has 3 heteroatoms. The van der Waals surface area contributed by atoms with E-state index in [2.05, 4.69) is 24.5 Å². The summed E-state index contributed by atoms with van der Waals surface area (Å²) in [6, 6.07) is 1.12. The first-order valence-electron chi connectivity index (χ1n) is 5.69. The Morgan fingerprint density at radius 3 is 2.79 bits per heavy atom. The van der Waals surface area contributed by atoms with E-state index in [4.69, 9.17) is 4.74 Å². The smallest absolute Gasteiger partial charge is 0.0618 e. The third kappa shape index (κ3) is 3.95. The predicted molar refractivity (Wildman–Crippen MR) is 59.5 cm³/mol. The molecule has 1 rings (SSSR count). The van der Waals surface area contributed by atoms with Crippen LogP contribution in [-0.2, 0) is 4.74 Å². The van der Waals surface area contributed by atoms with Crippen molar-refractivity contribution in [3.05, 3.63) is 0 Å². The molecule has 1 aliphatic heterocycles. The lowest BCUT2D eigenvalue weighted by atomic mass is 10.0. The standard InChI is InChI=1S/C11H24N2O/c1-9(2)11(8-14-3)13-10-5-4-6-12-7-10/h9-13H,4-8H2,1-3H3. The highest BCUT2D eigenvalue weighted by Crippen LogP contribution is 2.07. The molecule has 1 fully saturated rings. The number of methoxy groups -OCH3 is 1. The molecular formula is C11H24N2O. The maximum absolute atomic E-state index is 5.22. The zero-order valence-electron chi connectivity index (χ0n) is 9.68. The van der Waals surface area contributed by atoms with Crippen molar-refractivity contribution >= 4 is 0 Å². The van der Waals surface area contributed by atoms with E-state index in [1.807, 2.05) is 0 Å². The highest BCUT2D eigenvalue weighted by atomic mass is 16.5. The molecule has 0 saturated carbocycles. The van der Waals surface area contributed by atoms with E-state index in [1.54, 1.807) is 7.11 Å². The predicted octanol–water partition coefficient (Wildman–Crippen LogP) is 0.999. The number of nitrogens with one attached hydrogen (secondary N) is 2. The third-order valence-electron chi connectivity index (χ3n) is 2.90. The Balaban J connectivity index is 2.29. The Morgan fingerprint density at radius 1 is 1.50 bits per heavy atom. The zero-order valence-corrected chi connectivity index (χ0v) is 9.68. The molecule has 1 saturated heterocycles. The first-order chi connectivity index (χ1) is 6.74. The van der Waals surface area contributed by atoms with E-state index in [1.165, 1.54) is 19.4 Å². The molecule has 0 bridgehead atoms. The summed E-state index contributed by atoms with van der Waals surface area (Å²) < 4.78 is 5.22. The summed E-state index contributed by atoms with van der Waals surface area (Å²) in [5.41, 5.74) is 0. The number of hydrogen-bond acceptors (Lipinski definition) is 3. The van der Waals surface area contributed by atoms with Gasteiger partial charge in [0.05, 0.1) is 6.61 Å². The minimum absolute atomic E-state index is 0.491. The molecule has 0 aromatic heterocycles. The molecule has 0 aliphatic carbocycles. The molecule has 1 heterocycles. The van der Waals surface area contributed by atoms with Crippen molar-refractivity contribution in [3.63, 3.8) is 0 Å². The van der Waals surface area contributed by atoms with E-state index in [0.29, 0.717) is 18.0 Å². The monoisotopic (exact) mass is 200 g/mol. The average molecular weight is 200 g/mol. The summed E-state index contributed by atoms with van der Waals surface area (Å²) in [6.45, 7) is 7.58. The maximum Gasteiger partial charge on any atom is 0.0618 e. The van der Waals surface area contributed by atoms with Crippen molar-refractivity contribution in [1.29, 1.82) is 0 Å². The average Bonchev–Trinajstić information content (AvgIpc) is 2.18. The van der Waals surface area contributed by atoms with Gasteiger partial charge in [0.15, 0.2) is 0 Å². The van der Waals surface area contributed by atoms with Crippen LogP contribution in [0.3, 0.4) is 0 Å². The lowest BCUT2D eigenvalue weighted by Gasteiger charge is -2.30. The molecule has 3 nitrogen and oxygen atoms in total. The second-order valence-corrected chi connectivity index (χ2v) is 4.52. The fourth-order valence-electron chi connectivity index (χ4n) is 1.91. The highest BCUT2D eigenvalue weighted by molar-refractivity contribution is 4.80. The van der Waals surface area contributed by atoms with Crippen LogP contribution in [-0.4, -0.2) is 38.9 Å². The number of piperidine rings is 1. The van der Waals surface area contributed by atoms with Crippen molar-refractivity contribution < 1.29 is 4.74 Å².